The average Bonchev–Trinajstić information content (AvgIpc) is 3.21. The molecule has 2 aliphatic rings. The van der Waals surface area contributed by atoms with Crippen LogP contribution >= 0.6 is 35.3 Å². The van der Waals surface area contributed by atoms with Crippen LogP contribution in [0, 0.1) is 19.8 Å². The van der Waals surface area contributed by atoms with E-state index in [9.17, 15) is 0 Å². The fraction of sp³-hybridized carbons (Fsp3) is 0.800. The van der Waals surface area contributed by atoms with Crippen molar-refractivity contribution in [2.24, 2.45) is 10.9 Å². The van der Waals surface area contributed by atoms with Gasteiger partial charge in [0, 0.05) is 44.0 Å². The number of nitrogens with one attached hydrogen (secondary N) is 1. The number of likely N-dealkylation sites (tertiary alicyclic amines) is 2. The van der Waals surface area contributed by atoms with Crippen molar-refractivity contribution >= 4 is 41.3 Å². The van der Waals surface area contributed by atoms with Gasteiger partial charge in [0.25, 0.3) is 0 Å². The van der Waals surface area contributed by atoms with Crippen LogP contribution in [0.1, 0.15) is 48.2 Å². The molecular weight excluding hydrogens is 469 g/mol. The summed E-state index contributed by atoms with van der Waals surface area (Å²) in [6.45, 7) is 14.3. The smallest absolute Gasteiger partial charge is 0.193 e. The Morgan fingerprint density at radius 2 is 2.00 bits per heavy atom. The van der Waals surface area contributed by atoms with Crippen LogP contribution in [0.3, 0.4) is 0 Å². The van der Waals surface area contributed by atoms with E-state index in [1.54, 1.807) is 0 Å². The molecule has 1 atom stereocenters. The fourth-order valence-corrected chi connectivity index (χ4v) is 5.10. The van der Waals surface area contributed by atoms with E-state index in [0.29, 0.717) is 0 Å². The Labute approximate surface area is 186 Å². The zero-order chi connectivity index (χ0) is 18.4. The van der Waals surface area contributed by atoms with Crippen LogP contribution in [0.5, 0.6) is 0 Å². The van der Waals surface area contributed by atoms with Gasteiger partial charge < -0.3 is 15.1 Å². The van der Waals surface area contributed by atoms with E-state index in [-0.39, 0.29) is 24.0 Å². The van der Waals surface area contributed by atoms with Gasteiger partial charge in [-0.3, -0.25) is 4.99 Å². The van der Waals surface area contributed by atoms with E-state index < -0.39 is 0 Å². The molecular formula is C20H36IN5S. The van der Waals surface area contributed by atoms with E-state index in [0.717, 1.165) is 49.5 Å². The SMILES string of the molecule is CCNC(=NCCc1sc(C)nc1C)N1CCC(CN2CCCCC2)C1.I. The summed E-state index contributed by atoms with van der Waals surface area (Å²) in [5.41, 5.74) is 1.18. The molecule has 5 nitrogen and oxygen atoms in total. The number of rotatable bonds is 6. The Morgan fingerprint density at radius 1 is 1.22 bits per heavy atom. The Balaban J connectivity index is 0.00000261. The highest BCUT2D eigenvalue weighted by molar-refractivity contribution is 14.0. The molecule has 0 saturated carbocycles. The van der Waals surface area contributed by atoms with Crippen LogP contribution in [0.2, 0.25) is 0 Å². The van der Waals surface area contributed by atoms with Crippen LogP contribution in [0.4, 0.5) is 0 Å². The fourth-order valence-electron chi connectivity index (χ4n) is 4.18. The Bertz CT molecular complexity index is 597. The van der Waals surface area contributed by atoms with Gasteiger partial charge in [-0.15, -0.1) is 35.3 Å². The molecule has 2 aliphatic heterocycles. The maximum Gasteiger partial charge on any atom is 0.193 e. The third-order valence-corrected chi connectivity index (χ3v) is 6.62. The number of halogens is 1. The number of aromatic nitrogens is 1. The predicted molar refractivity (Wildman–Crippen MR) is 127 cm³/mol. The summed E-state index contributed by atoms with van der Waals surface area (Å²) in [6.07, 6.45) is 6.49. The molecule has 0 spiro atoms. The highest BCUT2D eigenvalue weighted by Gasteiger charge is 2.26. The molecule has 1 N–H and O–H groups in total. The number of thiazole rings is 1. The molecule has 154 valence electrons. The average molecular weight is 506 g/mol. The number of nitrogens with zero attached hydrogens (tertiary/aromatic N) is 4. The van der Waals surface area contributed by atoms with Gasteiger partial charge in [0.2, 0.25) is 0 Å². The Kier molecular flexibility index (Phi) is 9.79. The molecule has 7 heteroatoms. The van der Waals surface area contributed by atoms with Gasteiger partial charge in [-0.1, -0.05) is 6.42 Å². The highest BCUT2D eigenvalue weighted by atomic mass is 127. The molecule has 3 rings (SSSR count). The first-order chi connectivity index (χ1) is 12.7. The van der Waals surface area contributed by atoms with E-state index in [2.05, 4.69) is 40.9 Å². The molecule has 2 fully saturated rings. The number of aliphatic imine (C=N–C) groups is 1. The van der Waals surface area contributed by atoms with Crippen molar-refractivity contribution in [2.45, 2.75) is 52.9 Å². The van der Waals surface area contributed by atoms with Gasteiger partial charge in [-0.05, 0) is 59.0 Å². The van der Waals surface area contributed by atoms with Gasteiger partial charge >= 0.3 is 0 Å². The lowest BCUT2D eigenvalue weighted by Gasteiger charge is -2.29. The topological polar surface area (TPSA) is 43.8 Å². The molecule has 3 heterocycles. The monoisotopic (exact) mass is 505 g/mol. The minimum Gasteiger partial charge on any atom is -0.357 e. The van der Waals surface area contributed by atoms with Crippen molar-refractivity contribution < 1.29 is 0 Å². The summed E-state index contributed by atoms with van der Waals surface area (Å²) < 4.78 is 0. The van der Waals surface area contributed by atoms with Crippen LogP contribution in [0.15, 0.2) is 4.99 Å². The molecule has 0 aliphatic carbocycles. The van der Waals surface area contributed by atoms with Crippen molar-refractivity contribution in [3.05, 3.63) is 15.6 Å². The second kappa shape index (κ2) is 11.6. The quantitative estimate of drug-likeness (QED) is 0.364. The molecule has 1 aromatic heterocycles. The zero-order valence-corrected chi connectivity index (χ0v) is 20.3. The van der Waals surface area contributed by atoms with Gasteiger partial charge in [0.1, 0.15) is 0 Å². The molecule has 27 heavy (non-hydrogen) atoms. The third kappa shape index (κ3) is 6.85. The molecule has 0 amide bonds. The third-order valence-electron chi connectivity index (χ3n) is 5.49. The van der Waals surface area contributed by atoms with Crippen molar-refractivity contribution in [1.82, 2.24) is 20.1 Å². The number of piperidine rings is 1. The second-order valence-electron chi connectivity index (χ2n) is 7.69. The molecule has 0 radical (unpaired) electrons. The van der Waals surface area contributed by atoms with Gasteiger partial charge in [0.15, 0.2) is 5.96 Å². The summed E-state index contributed by atoms with van der Waals surface area (Å²) in [5.74, 6) is 1.90. The summed E-state index contributed by atoms with van der Waals surface area (Å²) in [4.78, 5) is 16.0. The van der Waals surface area contributed by atoms with Crippen molar-refractivity contribution in [3.63, 3.8) is 0 Å². The van der Waals surface area contributed by atoms with E-state index >= 15 is 0 Å². The summed E-state index contributed by atoms with van der Waals surface area (Å²) >= 11 is 1.81. The van der Waals surface area contributed by atoms with Crippen LogP contribution < -0.4 is 5.32 Å². The molecule has 1 unspecified atom stereocenters. The van der Waals surface area contributed by atoms with Crippen molar-refractivity contribution in [2.75, 3.05) is 45.8 Å². The standard InChI is InChI=1S/C20H35N5S.HI/c1-4-21-20(22-10-8-19-16(2)23-17(3)26-19)25-13-9-18(15-25)14-24-11-6-5-7-12-24;/h18H,4-15H2,1-3H3,(H,21,22);1H. The van der Waals surface area contributed by atoms with Crippen LogP contribution in [-0.4, -0.2) is 66.6 Å². The summed E-state index contributed by atoms with van der Waals surface area (Å²) in [5, 5.41) is 4.67. The minimum atomic E-state index is 0. The summed E-state index contributed by atoms with van der Waals surface area (Å²) in [6, 6.07) is 0. The maximum atomic E-state index is 4.92. The number of aryl methyl sites for hydroxylation is 2. The molecule has 1 aromatic rings. The Hall–Kier alpha value is -0.410. The van der Waals surface area contributed by atoms with Gasteiger partial charge in [-0.25, -0.2) is 4.98 Å². The number of guanidine groups is 1. The lowest BCUT2D eigenvalue weighted by Crippen LogP contribution is -2.41. The number of hydrogen-bond acceptors (Lipinski definition) is 4. The molecule has 0 bridgehead atoms. The summed E-state index contributed by atoms with van der Waals surface area (Å²) in [7, 11) is 0. The largest absolute Gasteiger partial charge is 0.357 e. The molecule has 0 aromatic carbocycles. The normalized spacial score (nSPS) is 21.4. The van der Waals surface area contributed by atoms with Crippen molar-refractivity contribution in [1.29, 1.82) is 0 Å². The van der Waals surface area contributed by atoms with E-state index in [1.165, 1.54) is 55.9 Å². The second-order valence-corrected chi connectivity index (χ2v) is 8.98. The first kappa shape index (κ1) is 22.9. The van der Waals surface area contributed by atoms with Gasteiger partial charge in [-0.2, -0.15) is 0 Å². The van der Waals surface area contributed by atoms with Crippen molar-refractivity contribution in [3.8, 4) is 0 Å². The molecule has 2 saturated heterocycles. The minimum absolute atomic E-state index is 0. The van der Waals surface area contributed by atoms with Crippen LogP contribution in [-0.2, 0) is 6.42 Å². The zero-order valence-electron chi connectivity index (χ0n) is 17.2. The number of hydrogen-bond donors (Lipinski definition) is 1. The Morgan fingerprint density at radius 3 is 2.67 bits per heavy atom. The first-order valence-corrected chi connectivity index (χ1v) is 11.2. The predicted octanol–water partition coefficient (Wildman–Crippen LogP) is 3.69. The van der Waals surface area contributed by atoms with E-state index in [4.69, 9.17) is 4.99 Å². The lowest BCUT2D eigenvalue weighted by molar-refractivity contribution is 0.198. The highest BCUT2D eigenvalue weighted by Crippen LogP contribution is 2.20. The van der Waals surface area contributed by atoms with Crippen LogP contribution in [0.25, 0.3) is 0 Å². The maximum absolute atomic E-state index is 4.92. The van der Waals surface area contributed by atoms with Gasteiger partial charge in [0.05, 0.1) is 10.7 Å². The first-order valence-electron chi connectivity index (χ1n) is 10.3. The lowest BCUT2D eigenvalue weighted by atomic mass is 10.1. The van der Waals surface area contributed by atoms with E-state index in [1.807, 2.05) is 11.3 Å².